The minimum Gasteiger partial charge on any atom is -0.356 e. The zero-order valence-corrected chi connectivity index (χ0v) is 14.5. The van der Waals surface area contributed by atoms with Crippen LogP contribution in [0.4, 0.5) is 11.6 Å². The molecule has 5 heterocycles. The summed E-state index contributed by atoms with van der Waals surface area (Å²) in [6.45, 7) is 8.31. The maximum atomic E-state index is 4.65. The highest BCUT2D eigenvalue weighted by Gasteiger charge is 2.41. The highest BCUT2D eigenvalue weighted by atomic mass is 15.3. The molecule has 2 saturated heterocycles. The van der Waals surface area contributed by atoms with Gasteiger partial charge in [-0.2, -0.15) is 5.10 Å². The summed E-state index contributed by atoms with van der Waals surface area (Å²) in [6.07, 6.45) is 7.31. The Morgan fingerprint density at radius 2 is 1.68 bits per heavy atom. The molecule has 2 aliphatic rings. The fraction of sp³-hybridized carbons (Fsp3) is 0.444. The number of anilines is 2. The summed E-state index contributed by atoms with van der Waals surface area (Å²) in [5.74, 6) is 3.45. The standard InChI is InChI=1S/C18H21N7/c1-12-6-19-11-21-17(12)23-7-14-9-24(10-15(14)8-23)18-16-5-13(2)22-25(16)4-3-20-18/h3-6,11,14-15H,7-10H2,1-2H3. The van der Waals surface area contributed by atoms with Crippen molar-refractivity contribution in [3.8, 4) is 0 Å². The second-order valence-corrected chi connectivity index (χ2v) is 7.23. The fourth-order valence-electron chi connectivity index (χ4n) is 4.34. The molecule has 2 atom stereocenters. The summed E-state index contributed by atoms with van der Waals surface area (Å²) in [4.78, 5) is 18.1. The van der Waals surface area contributed by atoms with Gasteiger partial charge in [-0.1, -0.05) is 0 Å². The van der Waals surface area contributed by atoms with Crippen LogP contribution in [0.3, 0.4) is 0 Å². The lowest BCUT2D eigenvalue weighted by atomic mass is 10.0. The Hall–Kier alpha value is -2.70. The SMILES string of the molecule is Cc1cc2c(N3CC4CN(c5ncncc5C)CC4C3)nccn2n1. The molecule has 0 saturated carbocycles. The molecule has 7 heteroatoms. The van der Waals surface area contributed by atoms with E-state index in [1.807, 2.05) is 30.0 Å². The summed E-state index contributed by atoms with van der Waals surface area (Å²) in [6, 6.07) is 2.12. The van der Waals surface area contributed by atoms with Gasteiger partial charge in [-0.3, -0.25) is 0 Å². The van der Waals surface area contributed by atoms with E-state index in [4.69, 9.17) is 0 Å². The van der Waals surface area contributed by atoms with Crippen LogP contribution in [0.25, 0.3) is 5.52 Å². The van der Waals surface area contributed by atoms with E-state index in [9.17, 15) is 0 Å². The van der Waals surface area contributed by atoms with Gasteiger partial charge < -0.3 is 9.80 Å². The Labute approximate surface area is 146 Å². The van der Waals surface area contributed by atoms with Gasteiger partial charge in [0.25, 0.3) is 0 Å². The molecule has 128 valence electrons. The number of fused-ring (bicyclic) bond motifs is 2. The summed E-state index contributed by atoms with van der Waals surface area (Å²) >= 11 is 0. The maximum Gasteiger partial charge on any atom is 0.154 e. The Morgan fingerprint density at radius 1 is 0.960 bits per heavy atom. The Morgan fingerprint density at radius 3 is 2.40 bits per heavy atom. The highest BCUT2D eigenvalue weighted by Crippen LogP contribution is 2.36. The average molecular weight is 335 g/mol. The van der Waals surface area contributed by atoms with E-state index in [1.165, 1.54) is 0 Å². The molecular formula is C18H21N7. The van der Waals surface area contributed by atoms with Crippen molar-refractivity contribution in [2.45, 2.75) is 13.8 Å². The molecule has 2 fully saturated rings. The van der Waals surface area contributed by atoms with E-state index >= 15 is 0 Å². The van der Waals surface area contributed by atoms with Crippen molar-refractivity contribution in [2.24, 2.45) is 11.8 Å². The van der Waals surface area contributed by atoms with Crippen molar-refractivity contribution in [1.29, 1.82) is 0 Å². The zero-order valence-electron chi connectivity index (χ0n) is 14.5. The van der Waals surface area contributed by atoms with Crippen LogP contribution in [0.2, 0.25) is 0 Å². The van der Waals surface area contributed by atoms with Gasteiger partial charge >= 0.3 is 0 Å². The van der Waals surface area contributed by atoms with Crippen LogP contribution in [0.5, 0.6) is 0 Å². The number of hydrogen-bond acceptors (Lipinski definition) is 6. The first-order chi connectivity index (χ1) is 12.2. The van der Waals surface area contributed by atoms with Crippen molar-refractivity contribution in [3.63, 3.8) is 0 Å². The molecule has 0 radical (unpaired) electrons. The predicted molar refractivity (Wildman–Crippen MR) is 95.9 cm³/mol. The van der Waals surface area contributed by atoms with E-state index in [0.29, 0.717) is 11.8 Å². The highest BCUT2D eigenvalue weighted by molar-refractivity contribution is 5.69. The first kappa shape index (κ1) is 14.6. The van der Waals surface area contributed by atoms with Crippen molar-refractivity contribution in [2.75, 3.05) is 36.0 Å². The Balaban J connectivity index is 1.38. The van der Waals surface area contributed by atoms with Gasteiger partial charge in [0.05, 0.1) is 5.69 Å². The van der Waals surface area contributed by atoms with Crippen LogP contribution >= 0.6 is 0 Å². The van der Waals surface area contributed by atoms with Crippen LogP contribution in [0.15, 0.2) is 31.0 Å². The molecule has 7 nitrogen and oxygen atoms in total. The first-order valence-electron chi connectivity index (χ1n) is 8.76. The Bertz CT molecular complexity index is 920. The number of nitrogens with zero attached hydrogens (tertiary/aromatic N) is 7. The maximum absolute atomic E-state index is 4.65. The quantitative estimate of drug-likeness (QED) is 0.710. The molecule has 3 aromatic heterocycles. The third-order valence-electron chi connectivity index (χ3n) is 5.44. The molecule has 2 unspecified atom stereocenters. The Kier molecular flexibility index (Phi) is 3.16. The number of hydrogen-bond donors (Lipinski definition) is 0. The summed E-state index contributed by atoms with van der Waals surface area (Å²) in [7, 11) is 0. The van der Waals surface area contributed by atoms with Crippen molar-refractivity contribution in [3.05, 3.63) is 42.2 Å². The molecule has 25 heavy (non-hydrogen) atoms. The van der Waals surface area contributed by atoms with Crippen molar-refractivity contribution < 1.29 is 0 Å². The molecule has 0 amide bonds. The molecule has 0 aromatic carbocycles. The second kappa shape index (κ2) is 5.40. The van der Waals surface area contributed by atoms with Crippen molar-refractivity contribution in [1.82, 2.24) is 24.6 Å². The largest absolute Gasteiger partial charge is 0.356 e. The van der Waals surface area contributed by atoms with Gasteiger partial charge in [-0.25, -0.2) is 19.5 Å². The lowest BCUT2D eigenvalue weighted by molar-refractivity contribution is 0.533. The van der Waals surface area contributed by atoms with Crippen LogP contribution in [-0.4, -0.2) is 50.7 Å². The molecule has 2 aliphatic heterocycles. The lowest BCUT2D eigenvalue weighted by Gasteiger charge is -2.24. The predicted octanol–water partition coefficient (Wildman–Crippen LogP) is 1.71. The van der Waals surface area contributed by atoms with E-state index < -0.39 is 0 Å². The van der Waals surface area contributed by atoms with Gasteiger partial charge in [0.15, 0.2) is 5.82 Å². The van der Waals surface area contributed by atoms with E-state index in [1.54, 1.807) is 6.33 Å². The number of rotatable bonds is 2. The number of aromatic nitrogens is 5. The van der Waals surface area contributed by atoms with Gasteiger partial charge in [0.2, 0.25) is 0 Å². The third kappa shape index (κ3) is 2.33. The van der Waals surface area contributed by atoms with Crippen LogP contribution in [-0.2, 0) is 0 Å². The van der Waals surface area contributed by atoms with Gasteiger partial charge in [0, 0.05) is 62.2 Å². The normalized spacial score (nSPS) is 22.8. The molecule has 0 spiro atoms. The number of aryl methyl sites for hydroxylation is 2. The topological polar surface area (TPSA) is 62.5 Å². The smallest absolute Gasteiger partial charge is 0.154 e. The van der Waals surface area contributed by atoms with Crippen molar-refractivity contribution >= 4 is 17.2 Å². The first-order valence-corrected chi connectivity index (χ1v) is 8.76. The van der Waals surface area contributed by atoms with Gasteiger partial charge in [0.1, 0.15) is 17.7 Å². The van der Waals surface area contributed by atoms with E-state index in [2.05, 4.69) is 42.8 Å². The minimum atomic E-state index is 0.653. The third-order valence-corrected chi connectivity index (χ3v) is 5.44. The van der Waals surface area contributed by atoms with E-state index in [0.717, 1.165) is 54.6 Å². The molecule has 0 aliphatic carbocycles. The monoisotopic (exact) mass is 335 g/mol. The van der Waals surface area contributed by atoms with E-state index in [-0.39, 0.29) is 0 Å². The summed E-state index contributed by atoms with van der Waals surface area (Å²) < 4.78 is 1.93. The average Bonchev–Trinajstić information content (AvgIpc) is 3.26. The zero-order chi connectivity index (χ0) is 17.0. The summed E-state index contributed by atoms with van der Waals surface area (Å²) in [5.41, 5.74) is 3.28. The molecule has 3 aromatic rings. The van der Waals surface area contributed by atoms with Gasteiger partial charge in [-0.05, 0) is 19.9 Å². The lowest BCUT2D eigenvalue weighted by Crippen LogP contribution is -2.30. The second-order valence-electron chi connectivity index (χ2n) is 7.23. The fourth-order valence-corrected chi connectivity index (χ4v) is 4.34. The minimum absolute atomic E-state index is 0.653. The van der Waals surface area contributed by atoms with Crippen LogP contribution in [0, 0.1) is 25.7 Å². The van der Waals surface area contributed by atoms with Gasteiger partial charge in [-0.15, -0.1) is 0 Å². The molecular weight excluding hydrogens is 314 g/mol. The van der Waals surface area contributed by atoms with Crippen LogP contribution in [0.1, 0.15) is 11.3 Å². The molecule has 0 bridgehead atoms. The molecule has 5 rings (SSSR count). The van der Waals surface area contributed by atoms with Crippen LogP contribution < -0.4 is 9.80 Å². The summed E-state index contributed by atoms with van der Waals surface area (Å²) in [5, 5.41) is 4.51. The molecule has 0 N–H and O–H groups in total.